The molecule has 0 aliphatic carbocycles. The number of aromatic amines is 1. The van der Waals surface area contributed by atoms with Gasteiger partial charge in [0.2, 0.25) is 0 Å². The number of H-pyrrole nitrogens is 1. The Kier molecular flexibility index (Phi) is 4.29. The van der Waals surface area contributed by atoms with Crippen LogP contribution in [0.2, 0.25) is 0 Å². The molecule has 0 spiro atoms. The largest absolute Gasteiger partial charge is 0.384 e. The summed E-state index contributed by atoms with van der Waals surface area (Å²) in [6, 6.07) is 17.0. The van der Waals surface area contributed by atoms with Gasteiger partial charge in [-0.2, -0.15) is 0 Å². The van der Waals surface area contributed by atoms with Gasteiger partial charge in [0.15, 0.2) is 0 Å². The van der Waals surface area contributed by atoms with Crippen molar-refractivity contribution in [3.63, 3.8) is 0 Å². The van der Waals surface area contributed by atoms with Gasteiger partial charge in [0, 0.05) is 28.6 Å². The van der Waals surface area contributed by atoms with Gasteiger partial charge < -0.3 is 9.72 Å². The van der Waals surface area contributed by atoms with Gasteiger partial charge in [0.05, 0.1) is 6.61 Å². The van der Waals surface area contributed by atoms with Crippen LogP contribution in [0.5, 0.6) is 0 Å². The van der Waals surface area contributed by atoms with Crippen molar-refractivity contribution in [2.45, 2.75) is 11.3 Å². The van der Waals surface area contributed by atoms with Crippen molar-refractivity contribution in [1.29, 1.82) is 0 Å². The van der Waals surface area contributed by atoms with E-state index in [4.69, 9.17) is 9.88 Å². The van der Waals surface area contributed by atoms with Gasteiger partial charge in [-0.1, -0.05) is 30.3 Å². The topological polar surface area (TPSA) is 51.0 Å². The quantitative estimate of drug-likeness (QED) is 0.700. The summed E-state index contributed by atoms with van der Waals surface area (Å²) in [6.07, 6.45) is 0.945. The molecule has 2 aromatic carbocycles. The Hall–Kier alpha value is -1.75. The number of hydrogen-bond donors (Lipinski definition) is 2. The van der Waals surface area contributed by atoms with Crippen molar-refractivity contribution in [2.24, 2.45) is 5.14 Å². The SMILES string of the molecule is COCCc1ccc(-c2cc3ccc(SN)cc3[nH]2)cc1. The second-order valence-electron chi connectivity index (χ2n) is 4.99. The Balaban J connectivity index is 1.89. The molecule has 0 saturated heterocycles. The molecule has 0 unspecified atom stereocenters. The van der Waals surface area contributed by atoms with Crippen LogP contribution in [0.4, 0.5) is 0 Å². The second-order valence-corrected chi connectivity index (χ2v) is 5.70. The monoisotopic (exact) mass is 298 g/mol. The number of methoxy groups -OCH3 is 1. The Morgan fingerprint density at radius 3 is 2.62 bits per heavy atom. The fourth-order valence-electron chi connectivity index (χ4n) is 2.41. The average molecular weight is 298 g/mol. The number of hydrogen-bond acceptors (Lipinski definition) is 3. The van der Waals surface area contributed by atoms with Crippen molar-refractivity contribution >= 4 is 22.9 Å². The molecular formula is C17H18N2OS. The number of aromatic nitrogens is 1. The van der Waals surface area contributed by atoms with Crippen LogP contribution >= 0.6 is 11.9 Å². The minimum atomic E-state index is 0.755. The third kappa shape index (κ3) is 3.13. The van der Waals surface area contributed by atoms with Gasteiger partial charge in [0.25, 0.3) is 0 Å². The third-order valence-corrected chi connectivity index (χ3v) is 4.12. The molecule has 0 saturated carbocycles. The van der Waals surface area contributed by atoms with E-state index in [1.54, 1.807) is 7.11 Å². The van der Waals surface area contributed by atoms with E-state index in [2.05, 4.69) is 47.4 Å². The lowest BCUT2D eigenvalue weighted by Gasteiger charge is -2.02. The summed E-state index contributed by atoms with van der Waals surface area (Å²) in [7, 11) is 1.73. The molecule has 3 rings (SSSR count). The fourth-order valence-corrected chi connectivity index (χ4v) is 2.74. The zero-order valence-corrected chi connectivity index (χ0v) is 12.7. The zero-order chi connectivity index (χ0) is 14.7. The number of nitrogens with two attached hydrogens (primary N) is 1. The van der Waals surface area contributed by atoms with Crippen LogP contribution < -0.4 is 5.14 Å². The van der Waals surface area contributed by atoms with Crippen LogP contribution in [-0.4, -0.2) is 18.7 Å². The number of fused-ring (bicyclic) bond motifs is 1. The lowest BCUT2D eigenvalue weighted by atomic mass is 10.1. The Bertz CT molecular complexity index is 734. The van der Waals surface area contributed by atoms with E-state index in [0.717, 1.165) is 29.1 Å². The Morgan fingerprint density at radius 1 is 1.10 bits per heavy atom. The van der Waals surface area contributed by atoms with Crippen LogP contribution in [0, 0.1) is 0 Å². The van der Waals surface area contributed by atoms with Crippen LogP contribution in [-0.2, 0) is 11.2 Å². The van der Waals surface area contributed by atoms with Crippen molar-refractivity contribution < 1.29 is 4.74 Å². The highest BCUT2D eigenvalue weighted by Crippen LogP contribution is 2.26. The molecule has 3 aromatic rings. The zero-order valence-electron chi connectivity index (χ0n) is 11.9. The maximum atomic E-state index is 5.61. The molecule has 0 aliphatic heterocycles. The average Bonchev–Trinajstić information content (AvgIpc) is 2.96. The number of ether oxygens (including phenoxy) is 1. The normalized spacial score (nSPS) is 11.1. The standard InChI is InChI=1S/C17H18N2OS/c1-20-9-8-12-2-4-13(5-3-12)16-10-14-6-7-15(21-18)11-17(14)19-16/h2-7,10-11,19H,8-9,18H2,1H3. The molecule has 4 heteroatoms. The minimum absolute atomic E-state index is 0.755. The van der Waals surface area contributed by atoms with Gasteiger partial charge >= 0.3 is 0 Å². The molecule has 21 heavy (non-hydrogen) atoms. The molecule has 3 nitrogen and oxygen atoms in total. The molecule has 0 bridgehead atoms. The molecule has 0 aliphatic rings. The molecule has 0 atom stereocenters. The number of nitrogens with one attached hydrogen (secondary N) is 1. The third-order valence-electron chi connectivity index (χ3n) is 3.59. The summed E-state index contributed by atoms with van der Waals surface area (Å²) in [5, 5.41) is 6.81. The van der Waals surface area contributed by atoms with E-state index >= 15 is 0 Å². The summed E-state index contributed by atoms with van der Waals surface area (Å²) < 4.78 is 5.10. The van der Waals surface area contributed by atoms with Crippen molar-refractivity contribution in [2.75, 3.05) is 13.7 Å². The number of benzene rings is 2. The van der Waals surface area contributed by atoms with E-state index in [9.17, 15) is 0 Å². The molecular weight excluding hydrogens is 280 g/mol. The smallest absolute Gasteiger partial charge is 0.0502 e. The molecule has 0 radical (unpaired) electrons. The lowest BCUT2D eigenvalue weighted by molar-refractivity contribution is 0.202. The first-order valence-corrected chi connectivity index (χ1v) is 7.76. The maximum Gasteiger partial charge on any atom is 0.0502 e. The highest BCUT2D eigenvalue weighted by atomic mass is 32.2. The highest BCUT2D eigenvalue weighted by molar-refractivity contribution is 7.97. The maximum absolute atomic E-state index is 5.61. The lowest BCUT2D eigenvalue weighted by Crippen LogP contribution is -1.93. The minimum Gasteiger partial charge on any atom is -0.384 e. The van der Waals surface area contributed by atoms with Gasteiger partial charge in [-0.15, -0.1) is 0 Å². The van der Waals surface area contributed by atoms with Crippen LogP contribution in [0.25, 0.3) is 22.2 Å². The van der Waals surface area contributed by atoms with Gasteiger partial charge in [0.1, 0.15) is 0 Å². The van der Waals surface area contributed by atoms with Gasteiger partial charge in [-0.05, 0) is 47.7 Å². The molecule has 0 fully saturated rings. The van der Waals surface area contributed by atoms with Crippen molar-refractivity contribution in [3.8, 4) is 11.3 Å². The van der Waals surface area contributed by atoms with Crippen molar-refractivity contribution in [1.82, 2.24) is 4.98 Å². The van der Waals surface area contributed by atoms with Crippen LogP contribution in [0.3, 0.4) is 0 Å². The molecule has 1 heterocycles. The molecule has 108 valence electrons. The van der Waals surface area contributed by atoms with E-state index in [-0.39, 0.29) is 0 Å². The Labute approximate surface area is 128 Å². The van der Waals surface area contributed by atoms with Gasteiger partial charge in [-0.3, -0.25) is 5.14 Å². The van der Waals surface area contributed by atoms with E-state index in [0.29, 0.717) is 0 Å². The van der Waals surface area contributed by atoms with E-state index in [1.165, 1.54) is 28.5 Å². The van der Waals surface area contributed by atoms with Gasteiger partial charge in [-0.25, -0.2) is 0 Å². The van der Waals surface area contributed by atoms with E-state index in [1.807, 2.05) is 6.07 Å². The summed E-state index contributed by atoms with van der Waals surface area (Å²) in [4.78, 5) is 4.52. The summed E-state index contributed by atoms with van der Waals surface area (Å²) >= 11 is 1.27. The second kappa shape index (κ2) is 6.35. The molecule has 3 N–H and O–H groups in total. The predicted molar refractivity (Wildman–Crippen MR) is 89.4 cm³/mol. The first kappa shape index (κ1) is 14.2. The number of rotatable bonds is 5. The predicted octanol–water partition coefficient (Wildman–Crippen LogP) is 3.99. The Morgan fingerprint density at radius 2 is 1.90 bits per heavy atom. The fraction of sp³-hybridized carbons (Fsp3) is 0.176. The van der Waals surface area contributed by atoms with Crippen LogP contribution in [0.15, 0.2) is 53.4 Å². The summed E-state index contributed by atoms with van der Waals surface area (Å²) in [5.74, 6) is 0. The summed E-state index contributed by atoms with van der Waals surface area (Å²) in [6.45, 7) is 0.755. The molecule has 0 amide bonds. The summed E-state index contributed by atoms with van der Waals surface area (Å²) in [5.41, 5.74) is 4.72. The van der Waals surface area contributed by atoms with E-state index < -0.39 is 0 Å². The first-order chi connectivity index (χ1) is 10.3. The van der Waals surface area contributed by atoms with Crippen molar-refractivity contribution in [3.05, 3.63) is 54.1 Å². The van der Waals surface area contributed by atoms with Crippen LogP contribution in [0.1, 0.15) is 5.56 Å². The molecule has 1 aromatic heterocycles. The first-order valence-electron chi connectivity index (χ1n) is 6.88. The highest BCUT2D eigenvalue weighted by Gasteiger charge is 2.04.